The molecule has 1 fully saturated rings. The van der Waals surface area contributed by atoms with Gasteiger partial charge in [0.05, 0.1) is 14.7 Å². The molecule has 0 aliphatic heterocycles. The van der Waals surface area contributed by atoms with Crippen molar-refractivity contribution in [3.8, 4) is 0 Å². The van der Waals surface area contributed by atoms with Gasteiger partial charge in [-0.1, -0.05) is 30.3 Å². The number of nitrogens with one attached hydrogen (secondary N) is 1. The molecule has 0 unspecified atom stereocenters. The first-order chi connectivity index (χ1) is 9.17. The number of aryl methyl sites for hydroxylation is 1. The fourth-order valence-electron chi connectivity index (χ4n) is 2.46. The lowest BCUT2D eigenvalue weighted by atomic mass is 9.95. The minimum absolute atomic E-state index is 0.0436. The summed E-state index contributed by atoms with van der Waals surface area (Å²) in [5, 5.41) is 3.17. The molecular formula is C15H16IN3. The van der Waals surface area contributed by atoms with Gasteiger partial charge in [0, 0.05) is 7.05 Å². The van der Waals surface area contributed by atoms with E-state index in [-0.39, 0.29) is 5.41 Å². The molecule has 0 saturated heterocycles. The monoisotopic (exact) mass is 365 g/mol. The van der Waals surface area contributed by atoms with Crippen molar-refractivity contribution in [2.75, 3.05) is 12.4 Å². The van der Waals surface area contributed by atoms with Crippen LogP contribution in [0.4, 0.5) is 5.82 Å². The summed E-state index contributed by atoms with van der Waals surface area (Å²) < 4.78 is 1.10. The lowest BCUT2D eigenvalue weighted by Crippen LogP contribution is -2.16. The van der Waals surface area contributed by atoms with E-state index >= 15 is 0 Å². The summed E-state index contributed by atoms with van der Waals surface area (Å²) in [6.45, 7) is 2.05. The molecule has 1 aliphatic rings. The first-order valence-electron chi connectivity index (χ1n) is 6.45. The third kappa shape index (κ3) is 2.12. The molecule has 1 aromatic heterocycles. The fraction of sp³-hybridized carbons (Fsp3) is 0.333. The van der Waals surface area contributed by atoms with E-state index in [1.807, 2.05) is 7.05 Å². The molecule has 0 spiro atoms. The van der Waals surface area contributed by atoms with Gasteiger partial charge in [0.25, 0.3) is 0 Å². The van der Waals surface area contributed by atoms with Crippen LogP contribution in [0, 0.1) is 10.5 Å². The Balaban J connectivity index is 2.10. The molecule has 1 aliphatic carbocycles. The number of benzene rings is 1. The summed E-state index contributed by atoms with van der Waals surface area (Å²) >= 11 is 2.30. The number of rotatable bonds is 3. The van der Waals surface area contributed by atoms with Crippen molar-refractivity contribution in [3.63, 3.8) is 0 Å². The van der Waals surface area contributed by atoms with Gasteiger partial charge in [0.15, 0.2) is 0 Å². The maximum atomic E-state index is 4.73. The standard InChI is InChI=1S/C15H16IN3/c1-10-12(16)13(17-2)19-14(18-10)15(8-9-15)11-6-4-3-5-7-11/h3-7H,8-9H2,1-2H3,(H,17,18,19). The van der Waals surface area contributed by atoms with Gasteiger partial charge in [-0.25, -0.2) is 9.97 Å². The summed E-state index contributed by atoms with van der Waals surface area (Å²) in [6, 6.07) is 10.6. The highest BCUT2D eigenvalue weighted by molar-refractivity contribution is 14.1. The van der Waals surface area contributed by atoms with Crippen LogP contribution in [0.15, 0.2) is 30.3 Å². The minimum Gasteiger partial charge on any atom is -0.372 e. The zero-order valence-corrected chi connectivity index (χ0v) is 13.2. The molecule has 1 heterocycles. The Morgan fingerprint density at radius 3 is 2.42 bits per heavy atom. The minimum atomic E-state index is 0.0436. The fourth-order valence-corrected chi connectivity index (χ4v) is 2.97. The predicted octanol–water partition coefficient (Wildman–Crippen LogP) is 3.51. The Morgan fingerprint density at radius 1 is 1.16 bits per heavy atom. The second kappa shape index (κ2) is 4.74. The Kier molecular flexibility index (Phi) is 3.20. The average Bonchev–Trinajstić information content (AvgIpc) is 3.24. The van der Waals surface area contributed by atoms with Gasteiger partial charge in [-0.05, 0) is 47.9 Å². The lowest BCUT2D eigenvalue weighted by molar-refractivity contribution is 0.747. The number of anilines is 1. The molecule has 2 aromatic rings. The largest absolute Gasteiger partial charge is 0.372 e. The maximum Gasteiger partial charge on any atom is 0.143 e. The van der Waals surface area contributed by atoms with Crippen molar-refractivity contribution < 1.29 is 0 Å². The van der Waals surface area contributed by atoms with Crippen LogP contribution < -0.4 is 5.32 Å². The summed E-state index contributed by atoms with van der Waals surface area (Å²) in [5.74, 6) is 1.89. The van der Waals surface area contributed by atoms with Gasteiger partial charge in [-0.2, -0.15) is 0 Å². The molecule has 0 amide bonds. The zero-order valence-electron chi connectivity index (χ0n) is 11.1. The molecule has 1 aromatic carbocycles. The Labute approximate surface area is 127 Å². The number of nitrogens with zero attached hydrogens (tertiary/aromatic N) is 2. The maximum absolute atomic E-state index is 4.73. The highest BCUT2D eigenvalue weighted by Crippen LogP contribution is 2.52. The molecule has 0 atom stereocenters. The van der Waals surface area contributed by atoms with E-state index < -0.39 is 0 Å². The third-order valence-corrected chi connectivity index (χ3v) is 5.05. The van der Waals surface area contributed by atoms with Crippen molar-refractivity contribution in [1.82, 2.24) is 9.97 Å². The van der Waals surface area contributed by atoms with Gasteiger partial charge >= 0.3 is 0 Å². The number of aromatic nitrogens is 2. The van der Waals surface area contributed by atoms with Gasteiger partial charge < -0.3 is 5.32 Å². The molecule has 3 rings (SSSR count). The number of hydrogen-bond acceptors (Lipinski definition) is 3. The van der Waals surface area contributed by atoms with Gasteiger partial charge in [0.2, 0.25) is 0 Å². The molecule has 0 radical (unpaired) electrons. The molecule has 4 heteroatoms. The third-order valence-electron chi connectivity index (χ3n) is 3.76. The SMILES string of the molecule is CNc1nc(C2(c3ccccc3)CC2)nc(C)c1I. The van der Waals surface area contributed by atoms with Crippen LogP contribution in [0.3, 0.4) is 0 Å². The van der Waals surface area contributed by atoms with E-state index in [1.54, 1.807) is 0 Å². The van der Waals surface area contributed by atoms with Crippen molar-refractivity contribution in [3.05, 3.63) is 51.0 Å². The topological polar surface area (TPSA) is 37.8 Å². The second-order valence-electron chi connectivity index (χ2n) is 4.99. The highest BCUT2D eigenvalue weighted by atomic mass is 127. The van der Waals surface area contributed by atoms with Crippen LogP contribution >= 0.6 is 22.6 Å². The Morgan fingerprint density at radius 2 is 1.84 bits per heavy atom. The van der Waals surface area contributed by atoms with Crippen LogP contribution in [0.5, 0.6) is 0 Å². The van der Waals surface area contributed by atoms with Gasteiger partial charge in [0.1, 0.15) is 11.6 Å². The molecule has 0 bridgehead atoms. The van der Waals surface area contributed by atoms with E-state index in [0.29, 0.717) is 0 Å². The van der Waals surface area contributed by atoms with Crippen LogP contribution in [0.1, 0.15) is 29.9 Å². The first kappa shape index (κ1) is 12.8. The molecule has 3 nitrogen and oxygen atoms in total. The second-order valence-corrected chi connectivity index (χ2v) is 6.07. The van der Waals surface area contributed by atoms with Crippen LogP contribution in [-0.2, 0) is 5.41 Å². The summed E-state index contributed by atoms with van der Waals surface area (Å²) in [5.41, 5.74) is 2.43. The quantitative estimate of drug-likeness (QED) is 0.846. The molecular weight excluding hydrogens is 349 g/mol. The smallest absolute Gasteiger partial charge is 0.143 e. The van der Waals surface area contributed by atoms with Gasteiger partial charge in [-0.3, -0.25) is 0 Å². The number of halogens is 1. The molecule has 1 N–H and O–H groups in total. The van der Waals surface area contributed by atoms with Crippen molar-refractivity contribution >= 4 is 28.4 Å². The lowest BCUT2D eigenvalue weighted by Gasteiger charge is -2.17. The molecule has 98 valence electrons. The van der Waals surface area contributed by atoms with Crippen molar-refractivity contribution in [1.29, 1.82) is 0 Å². The summed E-state index contributed by atoms with van der Waals surface area (Å²) in [7, 11) is 1.91. The average molecular weight is 365 g/mol. The van der Waals surface area contributed by atoms with E-state index in [4.69, 9.17) is 9.97 Å². The predicted molar refractivity (Wildman–Crippen MR) is 85.5 cm³/mol. The first-order valence-corrected chi connectivity index (χ1v) is 7.53. The highest BCUT2D eigenvalue weighted by Gasteiger charge is 2.48. The van der Waals surface area contributed by atoms with E-state index in [0.717, 1.165) is 33.7 Å². The van der Waals surface area contributed by atoms with Gasteiger partial charge in [-0.15, -0.1) is 0 Å². The Bertz CT molecular complexity index is 606. The van der Waals surface area contributed by atoms with E-state index in [9.17, 15) is 0 Å². The van der Waals surface area contributed by atoms with Crippen LogP contribution in [-0.4, -0.2) is 17.0 Å². The van der Waals surface area contributed by atoms with Crippen molar-refractivity contribution in [2.24, 2.45) is 0 Å². The van der Waals surface area contributed by atoms with Crippen molar-refractivity contribution in [2.45, 2.75) is 25.2 Å². The summed E-state index contributed by atoms with van der Waals surface area (Å²) in [6.07, 6.45) is 2.28. The normalized spacial score (nSPS) is 16.2. The Hall–Kier alpha value is -1.17. The zero-order chi connectivity index (χ0) is 13.5. The summed E-state index contributed by atoms with van der Waals surface area (Å²) in [4.78, 5) is 9.47. The van der Waals surface area contributed by atoms with E-state index in [1.165, 1.54) is 5.56 Å². The van der Waals surface area contributed by atoms with Crippen LogP contribution in [0.25, 0.3) is 0 Å². The van der Waals surface area contributed by atoms with E-state index in [2.05, 4.69) is 65.2 Å². The molecule has 1 saturated carbocycles. The number of hydrogen-bond donors (Lipinski definition) is 1. The van der Waals surface area contributed by atoms with Crippen LogP contribution in [0.2, 0.25) is 0 Å². The molecule has 19 heavy (non-hydrogen) atoms.